The number of anilines is 2. The van der Waals surface area contributed by atoms with Crippen LogP contribution in [0.1, 0.15) is 60.3 Å². The Labute approximate surface area is 274 Å². The molecule has 252 valence electrons. The number of benzene rings is 3. The molecule has 0 unspecified atom stereocenters. The Hall–Kier alpha value is -4.98. The summed E-state index contributed by atoms with van der Waals surface area (Å²) in [6.07, 6.45) is -0.211. The number of amides is 3. The van der Waals surface area contributed by atoms with Crippen molar-refractivity contribution in [2.75, 3.05) is 45.1 Å². The lowest BCUT2D eigenvalue weighted by Gasteiger charge is -2.32. The van der Waals surface area contributed by atoms with Crippen molar-refractivity contribution in [2.45, 2.75) is 48.9 Å². The molecule has 1 saturated heterocycles. The molecule has 14 heteroatoms. The molecule has 1 aliphatic rings. The summed E-state index contributed by atoms with van der Waals surface area (Å²) in [6, 6.07) is 12.3. The highest BCUT2D eigenvalue weighted by atomic mass is 32.2. The van der Waals surface area contributed by atoms with E-state index in [-0.39, 0.29) is 16.1 Å². The van der Waals surface area contributed by atoms with Gasteiger partial charge in [0.15, 0.2) is 21.3 Å². The van der Waals surface area contributed by atoms with E-state index in [0.717, 1.165) is 4.90 Å². The van der Waals surface area contributed by atoms with E-state index < -0.39 is 45.1 Å². The smallest absolute Gasteiger partial charge is 0.411 e. The Morgan fingerprint density at radius 1 is 0.979 bits per heavy atom. The van der Waals surface area contributed by atoms with E-state index in [2.05, 4.69) is 5.32 Å². The zero-order valence-electron chi connectivity index (χ0n) is 27.1. The van der Waals surface area contributed by atoms with Gasteiger partial charge in [0.1, 0.15) is 11.8 Å². The lowest BCUT2D eigenvalue weighted by atomic mass is 10.00. The third-order valence-electron chi connectivity index (χ3n) is 8.22. The summed E-state index contributed by atoms with van der Waals surface area (Å²) in [5, 5.41) is 12.1. The van der Waals surface area contributed by atoms with Crippen LogP contribution in [-0.2, 0) is 14.6 Å². The fourth-order valence-electron chi connectivity index (χ4n) is 5.58. The predicted octanol–water partition coefficient (Wildman–Crippen LogP) is 4.62. The van der Waals surface area contributed by atoms with Gasteiger partial charge in [0.2, 0.25) is 11.8 Å². The van der Waals surface area contributed by atoms with E-state index >= 15 is 0 Å². The zero-order valence-corrected chi connectivity index (χ0v) is 28.0. The largest absolute Gasteiger partial charge is 0.497 e. The minimum absolute atomic E-state index is 0.0364. The standard InChI is InChI=1S/C33H40N4O9S/c1-19(2)47(42,43)29-12-10-23(36(3)33(40)41)18-25(29)26-8-7-13-37(26)32(39)30(20-9-11-27(45-5)28(16-20)46-6)35-22-14-21(31(34)38)15-24(17-22)44-4/h9-12,14-19,26,30,35H,7-8,13H2,1-6H3,(H2,34,38)(H,40,41)/t26-,30-/m1/s1. The Morgan fingerprint density at radius 2 is 1.68 bits per heavy atom. The topological polar surface area (TPSA) is 178 Å². The third-order valence-corrected chi connectivity index (χ3v) is 10.4. The number of carbonyl (C=O) groups excluding carboxylic acids is 2. The number of nitrogens with two attached hydrogens (primary N) is 1. The number of nitrogens with one attached hydrogen (secondary N) is 1. The van der Waals surface area contributed by atoms with E-state index in [9.17, 15) is 27.9 Å². The molecule has 0 aromatic heterocycles. The number of primary amides is 1. The lowest BCUT2D eigenvalue weighted by molar-refractivity contribution is -0.133. The number of likely N-dealkylation sites (tertiary alicyclic amines) is 1. The molecule has 2 atom stereocenters. The maximum Gasteiger partial charge on any atom is 0.411 e. The van der Waals surface area contributed by atoms with E-state index in [1.165, 1.54) is 58.7 Å². The second-order valence-electron chi connectivity index (χ2n) is 11.4. The second-order valence-corrected chi connectivity index (χ2v) is 13.8. The van der Waals surface area contributed by atoms with Crippen LogP contribution in [0.5, 0.6) is 17.2 Å². The summed E-state index contributed by atoms with van der Waals surface area (Å²) in [7, 11) is 1.95. The Bertz CT molecular complexity index is 1780. The van der Waals surface area contributed by atoms with Crippen molar-refractivity contribution in [1.29, 1.82) is 0 Å². The van der Waals surface area contributed by atoms with Gasteiger partial charge in [-0.1, -0.05) is 6.07 Å². The molecule has 3 aromatic rings. The Morgan fingerprint density at radius 3 is 2.28 bits per heavy atom. The van der Waals surface area contributed by atoms with Gasteiger partial charge in [-0.2, -0.15) is 0 Å². The van der Waals surface area contributed by atoms with Gasteiger partial charge in [0.05, 0.1) is 37.5 Å². The van der Waals surface area contributed by atoms with Crippen LogP contribution in [0.15, 0.2) is 59.5 Å². The highest BCUT2D eigenvalue weighted by Gasteiger charge is 2.38. The zero-order chi connectivity index (χ0) is 34.6. The molecule has 0 spiro atoms. The van der Waals surface area contributed by atoms with Gasteiger partial charge in [-0.05, 0) is 80.3 Å². The summed E-state index contributed by atoms with van der Waals surface area (Å²) in [5.41, 5.74) is 7.19. The van der Waals surface area contributed by atoms with Gasteiger partial charge < -0.3 is 35.3 Å². The van der Waals surface area contributed by atoms with Gasteiger partial charge in [-0.25, -0.2) is 13.2 Å². The maximum absolute atomic E-state index is 14.7. The van der Waals surface area contributed by atoms with Crippen molar-refractivity contribution in [1.82, 2.24) is 4.90 Å². The monoisotopic (exact) mass is 668 g/mol. The molecule has 47 heavy (non-hydrogen) atoms. The van der Waals surface area contributed by atoms with Gasteiger partial charge in [0.25, 0.3) is 0 Å². The molecule has 1 fully saturated rings. The first-order valence-electron chi connectivity index (χ1n) is 14.9. The minimum Gasteiger partial charge on any atom is -0.497 e. The van der Waals surface area contributed by atoms with Crippen molar-refractivity contribution >= 4 is 39.1 Å². The number of rotatable bonds is 12. The normalized spacial score (nSPS) is 15.2. The molecule has 1 heterocycles. The fourth-order valence-corrected chi connectivity index (χ4v) is 6.87. The summed E-state index contributed by atoms with van der Waals surface area (Å²) in [5.74, 6) is 0.0746. The van der Waals surface area contributed by atoms with Crippen LogP contribution < -0.4 is 30.2 Å². The van der Waals surface area contributed by atoms with Crippen LogP contribution in [-0.4, -0.2) is 76.5 Å². The number of carbonyl (C=O) groups is 3. The van der Waals surface area contributed by atoms with Crippen LogP contribution in [0.2, 0.25) is 0 Å². The first kappa shape index (κ1) is 34.9. The molecule has 0 bridgehead atoms. The molecule has 1 aliphatic heterocycles. The maximum atomic E-state index is 14.7. The molecule has 0 saturated carbocycles. The van der Waals surface area contributed by atoms with E-state index in [4.69, 9.17) is 19.9 Å². The first-order valence-corrected chi connectivity index (χ1v) is 16.4. The van der Waals surface area contributed by atoms with Crippen molar-refractivity contribution in [3.05, 3.63) is 71.3 Å². The molecular formula is C33H40N4O9S. The quantitative estimate of drug-likeness (QED) is 0.247. The Balaban J connectivity index is 1.87. The van der Waals surface area contributed by atoms with E-state index in [0.29, 0.717) is 53.4 Å². The molecule has 3 aromatic carbocycles. The Kier molecular flexibility index (Phi) is 10.5. The first-order chi connectivity index (χ1) is 22.2. The van der Waals surface area contributed by atoms with Crippen molar-refractivity contribution in [3.63, 3.8) is 0 Å². The third kappa shape index (κ3) is 7.22. The molecule has 0 aliphatic carbocycles. The summed E-state index contributed by atoms with van der Waals surface area (Å²) in [4.78, 5) is 41.2. The molecule has 13 nitrogen and oxygen atoms in total. The van der Waals surface area contributed by atoms with Crippen molar-refractivity contribution in [2.24, 2.45) is 5.73 Å². The second kappa shape index (κ2) is 14.2. The van der Waals surface area contributed by atoms with Crippen molar-refractivity contribution < 1.29 is 42.1 Å². The summed E-state index contributed by atoms with van der Waals surface area (Å²) in [6.45, 7) is 3.44. The van der Waals surface area contributed by atoms with Crippen LogP contribution in [0, 0.1) is 0 Å². The van der Waals surface area contributed by atoms with E-state index in [1.54, 1.807) is 43.0 Å². The van der Waals surface area contributed by atoms with Gasteiger partial charge >= 0.3 is 6.09 Å². The average molecular weight is 669 g/mol. The predicted molar refractivity (Wildman–Crippen MR) is 176 cm³/mol. The highest BCUT2D eigenvalue weighted by Crippen LogP contribution is 2.41. The minimum atomic E-state index is -3.82. The molecular weight excluding hydrogens is 628 g/mol. The lowest BCUT2D eigenvalue weighted by Crippen LogP contribution is -2.38. The number of carboxylic acid groups (broad SMARTS) is 1. The van der Waals surface area contributed by atoms with Crippen molar-refractivity contribution in [3.8, 4) is 17.2 Å². The fraction of sp³-hybridized carbons (Fsp3) is 0.364. The summed E-state index contributed by atoms with van der Waals surface area (Å²) >= 11 is 0. The summed E-state index contributed by atoms with van der Waals surface area (Å²) < 4.78 is 43.4. The molecule has 4 N–H and O–H groups in total. The number of methoxy groups -OCH3 is 3. The average Bonchev–Trinajstić information content (AvgIpc) is 3.55. The van der Waals surface area contributed by atoms with E-state index in [1.807, 2.05) is 0 Å². The number of sulfone groups is 1. The van der Waals surface area contributed by atoms with Gasteiger partial charge in [0, 0.05) is 36.6 Å². The van der Waals surface area contributed by atoms with Crippen LogP contribution in [0.25, 0.3) is 0 Å². The van der Waals surface area contributed by atoms with Gasteiger partial charge in [-0.3, -0.25) is 14.5 Å². The number of nitrogens with zero attached hydrogens (tertiary/aromatic N) is 2. The van der Waals surface area contributed by atoms with Crippen LogP contribution in [0.4, 0.5) is 16.2 Å². The van der Waals surface area contributed by atoms with Gasteiger partial charge in [-0.15, -0.1) is 0 Å². The molecule has 0 radical (unpaired) electrons. The highest BCUT2D eigenvalue weighted by molar-refractivity contribution is 7.92. The molecule has 3 amide bonds. The molecule has 4 rings (SSSR count). The number of hydrogen-bond acceptors (Lipinski definition) is 9. The van der Waals surface area contributed by atoms with Crippen LogP contribution in [0.3, 0.4) is 0 Å². The van der Waals surface area contributed by atoms with Crippen LogP contribution >= 0.6 is 0 Å². The SMILES string of the molecule is COc1cc(N[C@@H](C(=O)N2CCC[C@@H]2c2cc(N(C)C(=O)O)ccc2S(=O)(=O)C(C)C)c2ccc(OC)c(OC)c2)cc(C(N)=O)c1. The number of hydrogen-bond donors (Lipinski definition) is 3. The number of ether oxygens (including phenoxy) is 3.